The van der Waals surface area contributed by atoms with Crippen LogP contribution in [0.25, 0.3) is 0 Å². The fraction of sp³-hybridized carbons (Fsp3) is 0.200. The standard InChI is InChI=1S/C8H7NO3.C2H2BrN/c1-6(10)7-2-4-8(5-3-7)9(11)12;3-1-2-4/h2-5H,1H3;1H2. The fourth-order valence-electron chi connectivity index (χ4n) is 0.818. The first-order valence-corrected chi connectivity index (χ1v) is 5.33. The van der Waals surface area contributed by atoms with Crippen LogP contribution >= 0.6 is 15.9 Å². The number of benzene rings is 1. The van der Waals surface area contributed by atoms with Crippen LogP contribution in [0.5, 0.6) is 0 Å². The van der Waals surface area contributed by atoms with E-state index in [0.717, 1.165) is 0 Å². The van der Waals surface area contributed by atoms with Gasteiger partial charge in [0.1, 0.15) is 0 Å². The van der Waals surface area contributed by atoms with E-state index in [1.54, 1.807) is 0 Å². The second-order valence-electron chi connectivity index (χ2n) is 2.65. The maximum Gasteiger partial charge on any atom is 0.269 e. The molecule has 0 spiro atoms. The summed E-state index contributed by atoms with van der Waals surface area (Å²) in [6, 6.07) is 7.37. The highest BCUT2D eigenvalue weighted by atomic mass is 79.9. The summed E-state index contributed by atoms with van der Waals surface area (Å²) >= 11 is 2.89. The van der Waals surface area contributed by atoms with E-state index in [2.05, 4.69) is 15.9 Å². The number of hydrogen-bond acceptors (Lipinski definition) is 4. The highest BCUT2D eigenvalue weighted by Crippen LogP contribution is 2.11. The molecule has 0 unspecified atom stereocenters. The van der Waals surface area contributed by atoms with Gasteiger partial charge in [0, 0.05) is 17.7 Å². The van der Waals surface area contributed by atoms with Crippen LogP contribution in [0, 0.1) is 21.4 Å². The summed E-state index contributed by atoms with van der Waals surface area (Å²) < 4.78 is 0. The molecule has 5 nitrogen and oxygen atoms in total. The van der Waals surface area contributed by atoms with Gasteiger partial charge in [0.2, 0.25) is 0 Å². The Bertz CT molecular complexity index is 376. The molecule has 1 aromatic carbocycles. The van der Waals surface area contributed by atoms with Crippen LogP contribution in [0.2, 0.25) is 0 Å². The predicted octanol–water partition coefficient (Wildman–Crippen LogP) is 2.70. The van der Waals surface area contributed by atoms with Crippen LogP contribution in [0.3, 0.4) is 0 Å². The van der Waals surface area contributed by atoms with E-state index in [0.29, 0.717) is 10.9 Å². The van der Waals surface area contributed by atoms with Gasteiger partial charge in [-0.05, 0) is 19.1 Å². The van der Waals surface area contributed by atoms with Crippen LogP contribution in [0.15, 0.2) is 24.3 Å². The lowest BCUT2D eigenvalue weighted by molar-refractivity contribution is -0.384. The van der Waals surface area contributed by atoms with Gasteiger partial charge in [0.25, 0.3) is 5.69 Å². The maximum absolute atomic E-state index is 10.8. The van der Waals surface area contributed by atoms with Crippen LogP contribution < -0.4 is 0 Å². The molecule has 0 fully saturated rings. The van der Waals surface area contributed by atoms with Gasteiger partial charge in [-0.1, -0.05) is 15.9 Å². The maximum atomic E-state index is 10.8. The third-order valence-electron chi connectivity index (χ3n) is 1.54. The molecule has 0 aromatic heterocycles. The lowest BCUT2D eigenvalue weighted by Gasteiger charge is -1.93. The first kappa shape index (κ1) is 14.3. The Morgan fingerprint density at radius 1 is 1.50 bits per heavy atom. The third kappa shape index (κ3) is 5.22. The highest BCUT2D eigenvalue weighted by Gasteiger charge is 2.05. The van der Waals surface area contributed by atoms with Gasteiger partial charge in [-0.3, -0.25) is 14.9 Å². The number of nitro benzene ring substituents is 1. The van der Waals surface area contributed by atoms with E-state index in [1.807, 2.05) is 6.07 Å². The molecule has 1 aromatic rings. The Morgan fingerprint density at radius 2 is 1.94 bits per heavy atom. The zero-order valence-corrected chi connectivity index (χ0v) is 10.1. The fourth-order valence-corrected chi connectivity index (χ4v) is 0.818. The van der Waals surface area contributed by atoms with Crippen LogP contribution in [0.4, 0.5) is 5.69 Å². The zero-order chi connectivity index (χ0) is 12.6. The Balaban J connectivity index is 0.000000487. The van der Waals surface area contributed by atoms with E-state index < -0.39 is 4.92 Å². The van der Waals surface area contributed by atoms with Gasteiger partial charge in [-0.25, -0.2) is 0 Å². The molecule has 16 heavy (non-hydrogen) atoms. The number of halogens is 1. The Labute approximate surface area is 101 Å². The topological polar surface area (TPSA) is 84.0 Å². The number of nitriles is 1. The normalized spacial score (nSPS) is 8.31. The van der Waals surface area contributed by atoms with Gasteiger partial charge in [-0.2, -0.15) is 5.26 Å². The zero-order valence-electron chi connectivity index (χ0n) is 8.51. The molecule has 0 bridgehead atoms. The van der Waals surface area contributed by atoms with Crippen molar-refractivity contribution in [3.63, 3.8) is 0 Å². The minimum absolute atomic E-state index is 0.000000000000000222. The number of nitrogens with zero attached hydrogens (tertiary/aromatic N) is 2. The third-order valence-corrected chi connectivity index (χ3v) is 1.80. The number of carbonyl (C=O) groups excluding carboxylic acids is 1. The first-order chi connectivity index (χ1) is 7.52. The summed E-state index contributed by atoms with van der Waals surface area (Å²) in [4.78, 5) is 20.5. The summed E-state index contributed by atoms with van der Waals surface area (Å²) in [5.41, 5.74) is 0.487. The number of rotatable bonds is 2. The summed E-state index contributed by atoms with van der Waals surface area (Å²) in [5, 5.41) is 18.2. The molecule has 0 aliphatic heterocycles. The quantitative estimate of drug-likeness (QED) is 0.362. The van der Waals surface area contributed by atoms with Crippen molar-refractivity contribution in [3.05, 3.63) is 39.9 Å². The largest absolute Gasteiger partial charge is 0.295 e. The molecule has 0 N–H and O–H groups in total. The van der Waals surface area contributed by atoms with Crippen LogP contribution in [-0.4, -0.2) is 16.0 Å². The van der Waals surface area contributed by atoms with E-state index in [4.69, 9.17) is 5.26 Å². The number of carbonyl (C=O) groups is 1. The van der Waals surface area contributed by atoms with Gasteiger partial charge in [0.15, 0.2) is 5.78 Å². The number of alkyl halides is 1. The molecule has 0 amide bonds. The van der Waals surface area contributed by atoms with Gasteiger partial charge < -0.3 is 0 Å². The van der Waals surface area contributed by atoms with E-state index in [1.165, 1.54) is 31.2 Å². The lowest BCUT2D eigenvalue weighted by Crippen LogP contribution is -1.92. The smallest absolute Gasteiger partial charge is 0.269 e. The monoisotopic (exact) mass is 284 g/mol. The first-order valence-electron chi connectivity index (χ1n) is 4.21. The summed E-state index contributed by atoms with van der Waals surface area (Å²) in [5.74, 6) is -0.0927. The second kappa shape index (κ2) is 7.54. The van der Waals surface area contributed by atoms with E-state index in [9.17, 15) is 14.9 Å². The molecule has 0 radical (unpaired) electrons. The molecule has 0 saturated heterocycles. The SMILES string of the molecule is CC(=O)c1ccc([N+](=O)[O-])cc1.N#CCBr. The predicted molar refractivity (Wildman–Crippen MR) is 62.5 cm³/mol. The van der Waals surface area contributed by atoms with E-state index in [-0.39, 0.29) is 11.5 Å². The van der Waals surface area contributed by atoms with Crippen LogP contribution in [-0.2, 0) is 0 Å². The molecule has 0 aliphatic carbocycles. The minimum atomic E-state index is -0.496. The van der Waals surface area contributed by atoms with Crippen molar-refractivity contribution >= 4 is 27.4 Å². The molecule has 84 valence electrons. The minimum Gasteiger partial charge on any atom is -0.295 e. The average molecular weight is 285 g/mol. The Hall–Kier alpha value is -1.74. The molecule has 0 aliphatic rings. The number of ketones is 1. The van der Waals surface area contributed by atoms with Crippen molar-refractivity contribution in [2.75, 3.05) is 5.33 Å². The summed E-state index contributed by atoms with van der Waals surface area (Å²) in [6.45, 7) is 1.42. The van der Waals surface area contributed by atoms with Gasteiger partial charge in [-0.15, -0.1) is 0 Å². The molecular formula is C10H9BrN2O3. The van der Waals surface area contributed by atoms with Crippen molar-refractivity contribution in [2.45, 2.75) is 6.92 Å². The number of Topliss-reactive ketones (excluding diaryl/α,β-unsaturated/α-hetero) is 1. The molecule has 0 heterocycles. The summed E-state index contributed by atoms with van der Waals surface area (Å²) in [6.07, 6.45) is 0. The van der Waals surface area contributed by atoms with Crippen molar-refractivity contribution in [2.24, 2.45) is 0 Å². The molecule has 1 rings (SSSR count). The van der Waals surface area contributed by atoms with Crippen molar-refractivity contribution < 1.29 is 9.72 Å². The number of nitro groups is 1. The molecule has 0 saturated carbocycles. The van der Waals surface area contributed by atoms with E-state index >= 15 is 0 Å². The van der Waals surface area contributed by atoms with Crippen molar-refractivity contribution in [1.29, 1.82) is 5.26 Å². The summed E-state index contributed by atoms with van der Waals surface area (Å²) in [7, 11) is 0. The average Bonchev–Trinajstić information content (AvgIpc) is 2.29. The lowest BCUT2D eigenvalue weighted by atomic mass is 10.1. The molecular weight excluding hydrogens is 276 g/mol. The van der Waals surface area contributed by atoms with Crippen LogP contribution in [0.1, 0.15) is 17.3 Å². The van der Waals surface area contributed by atoms with Crippen molar-refractivity contribution in [1.82, 2.24) is 0 Å². The number of hydrogen-bond donors (Lipinski definition) is 0. The Morgan fingerprint density at radius 3 is 2.19 bits per heavy atom. The van der Waals surface area contributed by atoms with Crippen molar-refractivity contribution in [3.8, 4) is 6.07 Å². The van der Waals surface area contributed by atoms with Gasteiger partial charge in [0.05, 0.1) is 16.3 Å². The van der Waals surface area contributed by atoms with Gasteiger partial charge >= 0.3 is 0 Å². The Kier molecular flexibility index (Phi) is 6.72. The number of non-ortho nitro benzene ring substituents is 1. The molecule has 6 heteroatoms. The second-order valence-corrected chi connectivity index (χ2v) is 3.21. The molecule has 0 atom stereocenters. The highest BCUT2D eigenvalue weighted by molar-refractivity contribution is 9.09.